The van der Waals surface area contributed by atoms with E-state index in [1.165, 1.54) is 12.1 Å². The van der Waals surface area contributed by atoms with Gasteiger partial charge < -0.3 is 14.5 Å². The Morgan fingerprint density at radius 1 is 1.14 bits per heavy atom. The number of carbonyl (C=O) groups excluding carboxylic acids is 1. The summed E-state index contributed by atoms with van der Waals surface area (Å²) in [7, 11) is 0. The van der Waals surface area contributed by atoms with Crippen LogP contribution in [0.25, 0.3) is 16.9 Å². The number of aromatic nitrogens is 2. The molecule has 140 valence electrons. The number of aryl methyl sites for hydroxylation is 1. The molecule has 4 aromatic rings. The fourth-order valence-corrected chi connectivity index (χ4v) is 2.85. The van der Waals surface area contributed by atoms with Crippen molar-refractivity contribution in [2.75, 3.05) is 11.9 Å². The van der Waals surface area contributed by atoms with E-state index in [0.29, 0.717) is 5.69 Å². The number of nitrogens with one attached hydrogen (secondary N) is 1. The fraction of sp³-hybridized carbons (Fsp3) is 0.0909. The molecule has 0 bridgehead atoms. The molecule has 2 aromatic carbocycles. The molecular weight excluding hydrogens is 357 g/mol. The first kappa shape index (κ1) is 17.7. The third kappa shape index (κ3) is 3.86. The zero-order chi connectivity index (χ0) is 19.5. The lowest BCUT2D eigenvalue weighted by Gasteiger charge is -2.08. The molecule has 0 unspecified atom stereocenters. The molecule has 0 aliphatic carbocycles. The minimum atomic E-state index is -0.498. The third-order valence-electron chi connectivity index (χ3n) is 4.28. The average Bonchev–Trinajstić information content (AvgIpc) is 3.11. The molecule has 0 aliphatic rings. The first-order valence-electron chi connectivity index (χ1n) is 8.81. The highest BCUT2D eigenvalue weighted by Gasteiger charge is 2.08. The summed E-state index contributed by atoms with van der Waals surface area (Å²) in [5, 5.41) is 2.73. The zero-order valence-corrected chi connectivity index (χ0v) is 15.2. The van der Waals surface area contributed by atoms with Crippen LogP contribution >= 0.6 is 0 Å². The van der Waals surface area contributed by atoms with Crippen LogP contribution in [-0.2, 0) is 4.79 Å². The Kier molecular flexibility index (Phi) is 4.76. The Morgan fingerprint density at radius 3 is 2.71 bits per heavy atom. The number of imidazole rings is 1. The first-order chi connectivity index (χ1) is 13.6. The predicted molar refractivity (Wildman–Crippen MR) is 106 cm³/mol. The number of benzene rings is 2. The van der Waals surface area contributed by atoms with E-state index in [1.807, 2.05) is 48.0 Å². The van der Waals surface area contributed by atoms with Gasteiger partial charge >= 0.3 is 0 Å². The summed E-state index contributed by atoms with van der Waals surface area (Å²) < 4.78 is 20.7. The molecule has 0 saturated heterocycles. The topological polar surface area (TPSA) is 55.6 Å². The third-order valence-corrected chi connectivity index (χ3v) is 4.28. The maximum atomic E-state index is 13.5. The molecule has 2 heterocycles. The Labute approximate surface area is 161 Å². The molecule has 0 aliphatic heterocycles. The lowest BCUT2D eigenvalue weighted by Crippen LogP contribution is -2.20. The summed E-state index contributed by atoms with van der Waals surface area (Å²) in [6.45, 7) is 1.76. The molecule has 1 N–H and O–H groups in total. The van der Waals surface area contributed by atoms with Gasteiger partial charge in [0.1, 0.15) is 5.65 Å². The zero-order valence-electron chi connectivity index (χ0n) is 15.2. The van der Waals surface area contributed by atoms with Crippen molar-refractivity contribution < 1.29 is 13.9 Å². The van der Waals surface area contributed by atoms with Crippen LogP contribution in [0.1, 0.15) is 5.56 Å². The van der Waals surface area contributed by atoms with E-state index in [4.69, 9.17) is 4.74 Å². The van der Waals surface area contributed by atoms with Crippen LogP contribution in [0.3, 0.4) is 0 Å². The second-order valence-electron chi connectivity index (χ2n) is 6.44. The fourth-order valence-electron chi connectivity index (χ4n) is 2.85. The highest BCUT2D eigenvalue weighted by Crippen LogP contribution is 2.22. The number of fused-ring (bicyclic) bond motifs is 1. The van der Waals surface area contributed by atoms with Gasteiger partial charge in [0.15, 0.2) is 18.2 Å². The Morgan fingerprint density at radius 2 is 1.93 bits per heavy atom. The SMILES string of the molecule is Cc1ccn2cc(-c3ccc(NC(=O)COc4ccccc4F)cc3)nc2c1. The summed E-state index contributed by atoms with van der Waals surface area (Å²) in [6.07, 6.45) is 3.94. The maximum absolute atomic E-state index is 13.5. The van der Waals surface area contributed by atoms with Crippen LogP contribution in [-0.4, -0.2) is 21.9 Å². The number of amides is 1. The van der Waals surface area contributed by atoms with Crippen LogP contribution in [0.2, 0.25) is 0 Å². The lowest BCUT2D eigenvalue weighted by molar-refractivity contribution is -0.118. The standard InChI is InChI=1S/C22H18FN3O2/c1-15-10-11-26-13-19(25-21(26)12-15)16-6-8-17(9-7-16)24-22(27)14-28-20-5-3-2-4-18(20)23/h2-13H,14H2,1H3,(H,24,27). The number of hydrogen-bond acceptors (Lipinski definition) is 3. The molecule has 5 nitrogen and oxygen atoms in total. The van der Waals surface area contributed by atoms with Gasteiger partial charge in [-0.15, -0.1) is 0 Å². The van der Waals surface area contributed by atoms with Crippen LogP contribution in [0.15, 0.2) is 73.1 Å². The summed E-state index contributed by atoms with van der Waals surface area (Å²) >= 11 is 0. The van der Waals surface area contributed by atoms with Crippen molar-refractivity contribution >= 4 is 17.2 Å². The Hall–Kier alpha value is -3.67. The quantitative estimate of drug-likeness (QED) is 0.560. The monoisotopic (exact) mass is 375 g/mol. The predicted octanol–water partition coefficient (Wildman–Crippen LogP) is 4.47. The summed E-state index contributed by atoms with van der Waals surface area (Å²) in [4.78, 5) is 16.7. The van der Waals surface area contributed by atoms with Gasteiger partial charge in [0.2, 0.25) is 0 Å². The number of hydrogen-bond donors (Lipinski definition) is 1. The summed E-state index contributed by atoms with van der Waals surface area (Å²) in [6, 6.07) is 17.4. The minimum absolute atomic E-state index is 0.0510. The van der Waals surface area contributed by atoms with Crippen molar-refractivity contribution in [3.8, 4) is 17.0 Å². The molecule has 0 spiro atoms. The number of halogens is 1. The molecule has 4 rings (SSSR count). The molecule has 6 heteroatoms. The molecule has 1 amide bonds. The number of rotatable bonds is 5. The van der Waals surface area contributed by atoms with Gasteiger partial charge in [-0.1, -0.05) is 24.3 Å². The highest BCUT2D eigenvalue weighted by molar-refractivity contribution is 5.92. The van der Waals surface area contributed by atoms with Gasteiger partial charge in [-0.3, -0.25) is 4.79 Å². The Balaban J connectivity index is 1.41. The molecule has 0 atom stereocenters. The van der Waals surface area contributed by atoms with E-state index in [-0.39, 0.29) is 18.3 Å². The van der Waals surface area contributed by atoms with Gasteiger partial charge in [-0.25, -0.2) is 9.37 Å². The van der Waals surface area contributed by atoms with Gasteiger partial charge in [-0.2, -0.15) is 0 Å². The second-order valence-corrected chi connectivity index (χ2v) is 6.44. The van der Waals surface area contributed by atoms with E-state index >= 15 is 0 Å². The number of para-hydroxylation sites is 1. The van der Waals surface area contributed by atoms with Crippen LogP contribution < -0.4 is 10.1 Å². The van der Waals surface area contributed by atoms with Crippen LogP contribution in [0, 0.1) is 12.7 Å². The van der Waals surface area contributed by atoms with Crippen molar-refractivity contribution in [1.82, 2.24) is 9.38 Å². The maximum Gasteiger partial charge on any atom is 0.262 e. The van der Waals surface area contributed by atoms with Gasteiger partial charge in [0, 0.05) is 23.6 Å². The van der Waals surface area contributed by atoms with Crippen molar-refractivity contribution in [3.63, 3.8) is 0 Å². The number of nitrogens with zero attached hydrogens (tertiary/aromatic N) is 2. The van der Waals surface area contributed by atoms with Crippen molar-refractivity contribution in [1.29, 1.82) is 0 Å². The summed E-state index contributed by atoms with van der Waals surface area (Å²) in [5.41, 5.74) is 4.47. The second kappa shape index (κ2) is 7.52. The number of ether oxygens (including phenoxy) is 1. The van der Waals surface area contributed by atoms with E-state index in [2.05, 4.69) is 10.3 Å². The normalized spacial score (nSPS) is 10.8. The molecule has 0 radical (unpaired) electrons. The summed E-state index contributed by atoms with van der Waals surface area (Å²) in [5.74, 6) is -0.809. The van der Waals surface area contributed by atoms with E-state index < -0.39 is 5.82 Å². The number of carbonyl (C=O) groups is 1. The van der Waals surface area contributed by atoms with E-state index in [0.717, 1.165) is 22.5 Å². The largest absolute Gasteiger partial charge is 0.481 e. The van der Waals surface area contributed by atoms with Crippen molar-refractivity contribution in [2.45, 2.75) is 6.92 Å². The molecule has 2 aromatic heterocycles. The van der Waals surface area contributed by atoms with E-state index in [1.54, 1.807) is 24.3 Å². The molecule has 28 heavy (non-hydrogen) atoms. The van der Waals surface area contributed by atoms with Gasteiger partial charge in [-0.05, 0) is 48.9 Å². The number of pyridine rings is 1. The minimum Gasteiger partial charge on any atom is -0.481 e. The molecular formula is C22H18FN3O2. The average molecular weight is 375 g/mol. The lowest BCUT2D eigenvalue weighted by atomic mass is 10.1. The van der Waals surface area contributed by atoms with Crippen LogP contribution in [0.5, 0.6) is 5.75 Å². The van der Waals surface area contributed by atoms with E-state index in [9.17, 15) is 9.18 Å². The smallest absolute Gasteiger partial charge is 0.262 e. The Bertz CT molecular complexity index is 1140. The van der Waals surface area contributed by atoms with Crippen LogP contribution in [0.4, 0.5) is 10.1 Å². The number of anilines is 1. The van der Waals surface area contributed by atoms with Gasteiger partial charge in [0.05, 0.1) is 5.69 Å². The molecule has 0 saturated carbocycles. The van der Waals surface area contributed by atoms with Gasteiger partial charge in [0.25, 0.3) is 5.91 Å². The first-order valence-corrected chi connectivity index (χ1v) is 8.81. The van der Waals surface area contributed by atoms with Crippen molar-refractivity contribution in [2.24, 2.45) is 0 Å². The highest BCUT2D eigenvalue weighted by atomic mass is 19.1. The molecule has 0 fully saturated rings. The van der Waals surface area contributed by atoms with Crippen molar-refractivity contribution in [3.05, 3.63) is 84.4 Å².